The minimum atomic E-state index is -0.146. The van der Waals surface area contributed by atoms with Gasteiger partial charge in [-0.3, -0.25) is 9.69 Å². The Hall–Kier alpha value is -1.43. The molecule has 1 aliphatic rings. The number of piperidine rings is 1. The molecule has 21 heavy (non-hydrogen) atoms. The second kappa shape index (κ2) is 5.75. The van der Waals surface area contributed by atoms with Crippen LogP contribution < -0.4 is 11.3 Å². The van der Waals surface area contributed by atoms with Gasteiger partial charge in [-0.05, 0) is 37.1 Å². The minimum absolute atomic E-state index is 0.146. The zero-order chi connectivity index (χ0) is 15.0. The maximum Gasteiger partial charge on any atom is 0.258 e. The number of halogens is 1. The van der Waals surface area contributed by atoms with Crippen LogP contribution in [0.2, 0.25) is 5.02 Å². The summed E-state index contributed by atoms with van der Waals surface area (Å²) >= 11 is 5.91. The van der Waals surface area contributed by atoms with Crippen LogP contribution in [0.3, 0.4) is 0 Å². The van der Waals surface area contributed by atoms with E-state index in [-0.39, 0.29) is 11.6 Å². The summed E-state index contributed by atoms with van der Waals surface area (Å²) in [4.78, 5) is 21.7. The van der Waals surface area contributed by atoms with Crippen molar-refractivity contribution < 1.29 is 0 Å². The van der Waals surface area contributed by atoms with Crippen LogP contribution in [0.5, 0.6) is 0 Å². The van der Waals surface area contributed by atoms with Crippen molar-refractivity contribution in [3.05, 3.63) is 39.4 Å². The largest absolute Gasteiger partial charge is 0.326 e. The molecule has 5 nitrogen and oxygen atoms in total. The fourth-order valence-electron chi connectivity index (χ4n) is 2.76. The fraction of sp³-hybridized carbons (Fsp3) is 0.467. The van der Waals surface area contributed by atoms with Crippen LogP contribution in [0.25, 0.3) is 10.9 Å². The highest BCUT2D eigenvalue weighted by atomic mass is 35.5. The Labute approximate surface area is 128 Å². The number of aromatic nitrogens is 2. The molecule has 3 N–H and O–H groups in total. The van der Waals surface area contributed by atoms with Crippen LogP contribution in [0.1, 0.15) is 19.2 Å². The van der Waals surface area contributed by atoms with Crippen LogP contribution in [0.15, 0.2) is 23.0 Å². The lowest BCUT2D eigenvalue weighted by Gasteiger charge is -2.34. The van der Waals surface area contributed by atoms with E-state index in [1.807, 2.05) is 0 Å². The minimum Gasteiger partial charge on any atom is -0.326 e. The van der Waals surface area contributed by atoms with Crippen molar-refractivity contribution in [2.45, 2.75) is 25.9 Å². The van der Waals surface area contributed by atoms with Gasteiger partial charge in [-0.25, -0.2) is 4.98 Å². The average Bonchev–Trinajstić information content (AvgIpc) is 2.44. The number of H-pyrrole nitrogens is 1. The van der Waals surface area contributed by atoms with Crippen molar-refractivity contribution >= 4 is 22.5 Å². The Kier molecular flexibility index (Phi) is 3.97. The maximum absolute atomic E-state index is 12.1. The summed E-state index contributed by atoms with van der Waals surface area (Å²) in [5, 5.41) is 1.06. The van der Waals surface area contributed by atoms with E-state index in [4.69, 9.17) is 17.3 Å². The van der Waals surface area contributed by atoms with Crippen LogP contribution in [0, 0.1) is 5.92 Å². The van der Waals surface area contributed by atoms with Gasteiger partial charge in [-0.1, -0.05) is 18.5 Å². The zero-order valence-corrected chi connectivity index (χ0v) is 12.7. The van der Waals surface area contributed by atoms with Crippen molar-refractivity contribution in [3.8, 4) is 0 Å². The first-order valence-electron chi connectivity index (χ1n) is 7.19. The van der Waals surface area contributed by atoms with Gasteiger partial charge in [0.25, 0.3) is 5.56 Å². The number of benzene rings is 1. The Morgan fingerprint density at radius 2 is 2.33 bits per heavy atom. The van der Waals surface area contributed by atoms with Gasteiger partial charge in [0.1, 0.15) is 5.82 Å². The number of nitrogens with two attached hydrogens (primary N) is 1. The predicted octanol–water partition coefficient (Wildman–Crippen LogP) is 1.75. The third-order valence-electron chi connectivity index (χ3n) is 4.19. The third-order valence-corrected chi connectivity index (χ3v) is 4.43. The summed E-state index contributed by atoms with van der Waals surface area (Å²) in [6, 6.07) is 5.36. The second-order valence-electron chi connectivity index (χ2n) is 5.84. The number of nitrogens with zero attached hydrogens (tertiary/aromatic N) is 2. The molecule has 0 aliphatic carbocycles. The van der Waals surface area contributed by atoms with E-state index in [1.165, 1.54) is 0 Å². The van der Waals surface area contributed by atoms with E-state index >= 15 is 0 Å². The Morgan fingerprint density at radius 1 is 1.52 bits per heavy atom. The number of rotatable bonds is 2. The lowest BCUT2D eigenvalue weighted by Crippen LogP contribution is -2.47. The highest BCUT2D eigenvalue weighted by molar-refractivity contribution is 6.31. The molecule has 0 spiro atoms. The van der Waals surface area contributed by atoms with Crippen molar-refractivity contribution in [2.24, 2.45) is 11.7 Å². The highest BCUT2D eigenvalue weighted by Crippen LogP contribution is 2.18. The quantitative estimate of drug-likeness (QED) is 0.886. The van der Waals surface area contributed by atoms with Crippen LogP contribution in [0.4, 0.5) is 0 Å². The van der Waals surface area contributed by atoms with Gasteiger partial charge in [0.05, 0.1) is 17.4 Å². The maximum atomic E-state index is 12.1. The van der Waals surface area contributed by atoms with Gasteiger partial charge in [-0.2, -0.15) is 0 Å². The third kappa shape index (κ3) is 3.10. The summed E-state index contributed by atoms with van der Waals surface area (Å²) in [7, 11) is 0. The van der Waals surface area contributed by atoms with Gasteiger partial charge in [0.15, 0.2) is 0 Å². The van der Waals surface area contributed by atoms with Gasteiger partial charge >= 0.3 is 0 Å². The Bertz CT molecular complexity index is 714. The number of aromatic amines is 1. The lowest BCUT2D eigenvalue weighted by molar-refractivity contribution is 0.159. The molecule has 0 amide bonds. The van der Waals surface area contributed by atoms with Gasteiger partial charge < -0.3 is 10.7 Å². The van der Waals surface area contributed by atoms with E-state index in [0.29, 0.717) is 34.2 Å². The smallest absolute Gasteiger partial charge is 0.258 e. The first kappa shape index (κ1) is 14.5. The molecule has 2 unspecified atom stereocenters. The second-order valence-corrected chi connectivity index (χ2v) is 6.28. The Morgan fingerprint density at radius 3 is 3.10 bits per heavy atom. The normalized spacial score (nSPS) is 23.6. The summed E-state index contributed by atoms with van der Waals surface area (Å²) < 4.78 is 0. The van der Waals surface area contributed by atoms with Crippen molar-refractivity contribution in [2.75, 3.05) is 13.1 Å². The number of nitrogens with one attached hydrogen (secondary N) is 1. The first-order chi connectivity index (χ1) is 10.0. The van der Waals surface area contributed by atoms with Gasteiger partial charge in [0.2, 0.25) is 0 Å². The van der Waals surface area contributed by atoms with Crippen LogP contribution in [-0.4, -0.2) is 34.0 Å². The van der Waals surface area contributed by atoms with E-state index in [1.54, 1.807) is 18.2 Å². The van der Waals surface area contributed by atoms with Crippen LogP contribution in [-0.2, 0) is 6.54 Å². The van der Waals surface area contributed by atoms with Crippen molar-refractivity contribution in [1.29, 1.82) is 0 Å². The molecule has 6 heteroatoms. The SMILES string of the molecule is CC1CCN(Cc2nc3ccc(Cl)cc3c(=O)[nH]2)CC1N. The molecule has 2 heterocycles. The molecule has 3 rings (SSSR count). The molecule has 2 aromatic rings. The molecule has 0 bridgehead atoms. The van der Waals surface area contributed by atoms with E-state index in [2.05, 4.69) is 21.8 Å². The molecule has 2 atom stereocenters. The van der Waals surface area contributed by atoms with Crippen LogP contribution >= 0.6 is 11.6 Å². The monoisotopic (exact) mass is 306 g/mol. The summed E-state index contributed by atoms with van der Waals surface area (Å²) in [5.74, 6) is 1.23. The van der Waals surface area contributed by atoms with Crippen molar-refractivity contribution in [3.63, 3.8) is 0 Å². The summed E-state index contributed by atoms with van der Waals surface area (Å²) in [5.41, 5.74) is 6.64. The molecular formula is C15H19ClN4O. The standard InChI is InChI=1S/C15H19ClN4O/c1-9-4-5-20(7-12(9)17)8-14-18-13-3-2-10(16)6-11(13)15(21)19-14/h2-3,6,9,12H,4-5,7-8,17H2,1H3,(H,18,19,21). The van der Waals surface area contributed by atoms with E-state index in [0.717, 1.165) is 19.5 Å². The molecule has 1 aromatic carbocycles. The topological polar surface area (TPSA) is 75.0 Å². The molecule has 112 valence electrons. The molecular weight excluding hydrogens is 288 g/mol. The van der Waals surface area contributed by atoms with Gasteiger partial charge in [-0.15, -0.1) is 0 Å². The number of likely N-dealkylation sites (tertiary alicyclic amines) is 1. The van der Waals surface area contributed by atoms with Crippen molar-refractivity contribution in [1.82, 2.24) is 14.9 Å². The van der Waals surface area contributed by atoms with E-state index < -0.39 is 0 Å². The predicted molar refractivity (Wildman–Crippen MR) is 84.4 cm³/mol. The molecule has 0 saturated carbocycles. The number of hydrogen-bond donors (Lipinski definition) is 2. The average molecular weight is 307 g/mol. The lowest BCUT2D eigenvalue weighted by atomic mass is 9.94. The molecule has 1 fully saturated rings. The molecule has 1 aliphatic heterocycles. The number of fused-ring (bicyclic) bond motifs is 1. The fourth-order valence-corrected chi connectivity index (χ4v) is 2.93. The Balaban J connectivity index is 1.85. The summed E-state index contributed by atoms with van der Waals surface area (Å²) in [6.07, 6.45) is 1.08. The van der Waals surface area contributed by atoms with Gasteiger partial charge in [0, 0.05) is 17.6 Å². The zero-order valence-electron chi connectivity index (χ0n) is 12.0. The highest BCUT2D eigenvalue weighted by Gasteiger charge is 2.23. The molecule has 0 radical (unpaired) electrons. The molecule has 1 saturated heterocycles. The first-order valence-corrected chi connectivity index (χ1v) is 7.57. The number of hydrogen-bond acceptors (Lipinski definition) is 4. The summed E-state index contributed by atoms with van der Waals surface area (Å²) in [6.45, 7) is 4.62. The van der Waals surface area contributed by atoms with E-state index in [9.17, 15) is 4.79 Å². The molecule has 1 aromatic heterocycles.